The maximum Gasteiger partial charge on any atom is 0.118 e. The second kappa shape index (κ2) is 6.80. The van der Waals surface area contributed by atoms with E-state index in [-0.39, 0.29) is 0 Å². The van der Waals surface area contributed by atoms with Crippen molar-refractivity contribution >= 4 is 11.0 Å². The number of methoxy groups -OCH3 is 1. The Hall–Kier alpha value is -3.12. The van der Waals surface area contributed by atoms with Crippen molar-refractivity contribution in [1.82, 2.24) is 25.1 Å². The van der Waals surface area contributed by atoms with E-state index in [1.165, 1.54) is 5.56 Å². The lowest BCUT2D eigenvalue weighted by molar-refractivity contribution is 0.406. The molecule has 2 aromatic carbocycles. The number of imidazole rings is 1. The molecule has 28 heavy (non-hydrogen) atoms. The van der Waals surface area contributed by atoms with E-state index < -0.39 is 0 Å². The van der Waals surface area contributed by atoms with Gasteiger partial charge in [0.25, 0.3) is 0 Å². The molecule has 2 atom stereocenters. The predicted molar refractivity (Wildman–Crippen MR) is 110 cm³/mol. The fourth-order valence-electron chi connectivity index (χ4n) is 4.26. The largest absolute Gasteiger partial charge is 0.497 e. The van der Waals surface area contributed by atoms with Crippen LogP contribution in [0.5, 0.6) is 5.75 Å². The minimum Gasteiger partial charge on any atom is -0.497 e. The van der Waals surface area contributed by atoms with E-state index in [0.29, 0.717) is 11.8 Å². The number of nitrogens with zero attached hydrogens (tertiary/aromatic N) is 3. The summed E-state index contributed by atoms with van der Waals surface area (Å²) >= 11 is 0. The molecule has 0 bridgehead atoms. The Morgan fingerprint density at radius 2 is 1.86 bits per heavy atom. The summed E-state index contributed by atoms with van der Waals surface area (Å²) in [5.74, 6) is 2.69. The van der Waals surface area contributed by atoms with Gasteiger partial charge in [0.1, 0.15) is 11.6 Å². The number of H-pyrrole nitrogens is 2. The molecule has 1 aliphatic rings. The van der Waals surface area contributed by atoms with Crippen molar-refractivity contribution in [2.45, 2.75) is 11.8 Å². The number of hydrogen-bond acceptors (Lipinski definition) is 4. The molecule has 0 saturated carbocycles. The van der Waals surface area contributed by atoms with Crippen LogP contribution in [0.4, 0.5) is 0 Å². The van der Waals surface area contributed by atoms with Gasteiger partial charge >= 0.3 is 0 Å². The molecule has 1 unspecified atom stereocenters. The zero-order valence-electron chi connectivity index (χ0n) is 16.0. The number of likely N-dealkylation sites (tertiary alicyclic amines) is 1. The van der Waals surface area contributed by atoms with E-state index in [0.717, 1.165) is 46.8 Å². The third-order valence-electron chi connectivity index (χ3n) is 5.73. The van der Waals surface area contributed by atoms with Gasteiger partial charge in [-0.05, 0) is 42.4 Å². The highest BCUT2D eigenvalue weighted by Gasteiger charge is 2.35. The summed E-state index contributed by atoms with van der Waals surface area (Å²) in [5.41, 5.74) is 5.59. The van der Waals surface area contributed by atoms with E-state index >= 15 is 0 Å². The molecular weight excluding hydrogens is 350 g/mol. The second-order valence-electron chi connectivity index (χ2n) is 7.55. The number of aromatic nitrogens is 4. The Labute approximate surface area is 163 Å². The van der Waals surface area contributed by atoms with Crippen molar-refractivity contribution in [3.8, 4) is 16.9 Å². The van der Waals surface area contributed by atoms with Gasteiger partial charge in [-0.2, -0.15) is 5.10 Å². The molecular formula is C22H23N5O. The minimum atomic E-state index is 0.336. The van der Waals surface area contributed by atoms with Crippen LogP contribution in [0.1, 0.15) is 23.2 Å². The van der Waals surface area contributed by atoms with Crippen molar-refractivity contribution in [3.05, 3.63) is 66.2 Å². The van der Waals surface area contributed by atoms with Crippen LogP contribution in [-0.4, -0.2) is 52.3 Å². The summed E-state index contributed by atoms with van der Waals surface area (Å²) in [6, 6.07) is 14.8. The SMILES string of the molecule is COc1ccc([C@H]2CN(C)CC2c2nc3cc(-c4cn[nH]c4)ccc3[nH]2)cc1. The van der Waals surface area contributed by atoms with Gasteiger partial charge in [-0.3, -0.25) is 5.10 Å². The average molecular weight is 373 g/mol. The standard InChI is InChI=1S/C22H23N5O/c1-27-12-18(14-3-6-17(28-2)7-4-14)19(13-27)22-25-20-8-5-15(9-21(20)26-22)16-10-23-24-11-16/h3-11,18-19H,12-13H2,1-2H3,(H,23,24)(H,25,26)/t18-,19?/m1/s1. The first-order chi connectivity index (χ1) is 13.7. The van der Waals surface area contributed by atoms with Gasteiger partial charge in [-0.1, -0.05) is 18.2 Å². The summed E-state index contributed by atoms with van der Waals surface area (Å²) in [6.45, 7) is 2.01. The zero-order chi connectivity index (χ0) is 19.1. The number of rotatable bonds is 4. The molecule has 6 heteroatoms. The highest BCUT2D eigenvalue weighted by Crippen LogP contribution is 2.39. The molecule has 5 rings (SSSR count). The van der Waals surface area contributed by atoms with Gasteiger partial charge in [-0.15, -0.1) is 0 Å². The summed E-state index contributed by atoms with van der Waals surface area (Å²) < 4.78 is 5.31. The summed E-state index contributed by atoms with van der Waals surface area (Å²) in [4.78, 5) is 10.9. The Balaban J connectivity index is 1.50. The van der Waals surface area contributed by atoms with Crippen LogP contribution >= 0.6 is 0 Å². The van der Waals surface area contributed by atoms with Crippen molar-refractivity contribution < 1.29 is 4.74 Å². The highest BCUT2D eigenvalue weighted by molar-refractivity contribution is 5.81. The predicted octanol–water partition coefficient (Wildman–Crippen LogP) is 3.77. The third-order valence-corrected chi connectivity index (χ3v) is 5.73. The van der Waals surface area contributed by atoms with Gasteiger partial charge in [0.15, 0.2) is 0 Å². The molecule has 1 saturated heterocycles. The van der Waals surface area contributed by atoms with Gasteiger partial charge in [-0.25, -0.2) is 4.98 Å². The van der Waals surface area contributed by atoms with Gasteiger partial charge in [0, 0.05) is 36.7 Å². The molecule has 3 heterocycles. The van der Waals surface area contributed by atoms with E-state index in [1.54, 1.807) is 7.11 Å². The highest BCUT2D eigenvalue weighted by atomic mass is 16.5. The van der Waals surface area contributed by atoms with Crippen LogP contribution in [0.3, 0.4) is 0 Å². The molecule has 2 aromatic heterocycles. The molecule has 6 nitrogen and oxygen atoms in total. The minimum absolute atomic E-state index is 0.336. The number of benzene rings is 2. The zero-order valence-corrected chi connectivity index (χ0v) is 16.0. The van der Waals surface area contributed by atoms with Gasteiger partial charge < -0.3 is 14.6 Å². The lowest BCUT2D eigenvalue weighted by atomic mass is 9.88. The first kappa shape index (κ1) is 17.0. The van der Waals surface area contributed by atoms with Crippen LogP contribution in [0.25, 0.3) is 22.2 Å². The Morgan fingerprint density at radius 3 is 2.61 bits per heavy atom. The fourth-order valence-corrected chi connectivity index (χ4v) is 4.26. The summed E-state index contributed by atoms with van der Waals surface area (Å²) in [5, 5.41) is 6.91. The molecule has 0 amide bonds. The molecule has 0 radical (unpaired) electrons. The number of hydrogen-bond donors (Lipinski definition) is 2. The Morgan fingerprint density at radius 1 is 1.04 bits per heavy atom. The van der Waals surface area contributed by atoms with Crippen LogP contribution in [-0.2, 0) is 0 Å². The number of fused-ring (bicyclic) bond motifs is 1. The summed E-state index contributed by atoms with van der Waals surface area (Å²) in [7, 11) is 3.88. The fraction of sp³-hybridized carbons (Fsp3) is 0.273. The third kappa shape index (κ3) is 2.96. The number of nitrogens with one attached hydrogen (secondary N) is 2. The lowest BCUT2D eigenvalue weighted by Crippen LogP contribution is -2.13. The molecule has 4 aromatic rings. The number of likely N-dealkylation sites (N-methyl/N-ethyl adjacent to an activating group) is 1. The molecule has 0 spiro atoms. The van der Waals surface area contributed by atoms with Crippen molar-refractivity contribution in [2.75, 3.05) is 27.2 Å². The smallest absolute Gasteiger partial charge is 0.118 e. The Kier molecular flexibility index (Phi) is 4.13. The van der Waals surface area contributed by atoms with E-state index in [4.69, 9.17) is 9.72 Å². The van der Waals surface area contributed by atoms with Crippen LogP contribution in [0, 0.1) is 0 Å². The summed E-state index contributed by atoms with van der Waals surface area (Å²) in [6.07, 6.45) is 3.74. The first-order valence-electron chi connectivity index (χ1n) is 9.52. The second-order valence-corrected chi connectivity index (χ2v) is 7.55. The Bertz CT molecular complexity index is 1080. The van der Waals surface area contributed by atoms with Crippen LogP contribution < -0.4 is 4.74 Å². The van der Waals surface area contributed by atoms with Gasteiger partial charge in [0.2, 0.25) is 0 Å². The van der Waals surface area contributed by atoms with Crippen LogP contribution in [0.15, 0.2) is 54.9 Å². The van der Waals surface area contributed by atoms with Crippen molar-refractivity contribution in [1.29, 1.82) is 0 Å². The number of aromatic amines is 2. The maximum atomic E-state index is 5.31. The maximum absolute atomic E-state index is 5.31. The van der Waals surface area contributed by atoms with E-state index in [1.807, 2.05) is 24.5 Å². The molecule has 0 aliphatic carbocycles. The van der Waals surface area contributed by atoms with Crippen molar-refractivity contribution in [3.63, 3.8) is 0 Å². The average Bonchev–Trinajstić information content (AvgIpc) is 3.46. The van der Waals surface area contributed by atoms with Crippen molar-refractivity contribution in [2.24, 2.45) is 0 Å². The normalized spacial score (nSPS) is 20.1. The quantitative estimate of drug-likeness (QED) is 0.571. The van der Waals surface area contributed by atoms with E-state index in [9.17, 15) is 0 Å². The monoisotopic (exact) mass is 373 g/mol. The topological polar surface area (TPSA) is 69.8 Å². The first-order valence-corrected chi connectivity index (χ1v) is 9.52. The molecule has 1 fully saturated rings. The van der Waals surface area contributed by atoms with Gasteiger partial charge in [0.05, 0.1) is 24.3 Å². The number of ether oxygens (including phenoxy) is 1. The molecule has 2 N–H and O–H groups in total. The lowest BCUT2D eigenvalue weighted by Gasteiger charge is -2.17. The molecule has 142 valence electrons. The molecule has 1 aliphatic heterocycles. The van der Waals surface area contributed by atoms with E-state index in [2.05, 4.69) is 57.5 Å². The van der Waals surface area contributed by atoms with Crippen LogP contribution in [0.2, 0.25) is 0 Å².